The highest BCUT2D eigenvalue weighted by Gasteiger charge is 2.45. The van der Waals surface area contributed by atoms with Crippen LogP contribution in [-0.2, 0) is 0 Å². The maximum Gasteiger partial charge on any atom is 0.0651 e. The van der Waals surface area contributed by atoms with Gasteiger partial charge in [-0.2, -0.15) is 0 Å². The van der Waals surface area contributed by atoms with E-state index in [1.807, 2.05) is 0 Å². The summed E-state index contributed by atoms with van der Waals surface area (Å²) in [6, 6.07) is 0. The summed E-state index contributed by atoms with van der Waals surface area (Å²) in [5, 5.41) is 20.3. The molecule has 0 radical (unpaired) electrons. The summed E-state index contributed by atoms with van der Waals surface area (Å²) in [6.45, 7) is 14.7. The van der Waals surface area contributed by atoms with Crippen LogP contribution in [0.15, 0.2) is 0 Å². The van der Waals surface area contributed by atoms with Crippen LogP contribution < -0.4 is 0 Å². The van der Waals surface area contributed by atoms with Crippen LogP contribution in [-0.4, -0.2) is 22.9 Å². The Morgan fingerprint density at radius 1 is 0.875 bits per heavy atom. The second-order valence-corrected chi connectivity index (χ2v) is 6.13. The van der Waals surface area contributed by atoms with E-state index in [-0.39, 0.29) is 29.8 Å². The summed E-state index contributed by atoms with van der Waals surface area (Å²) in [7, 11) is 0. The van der Waals surface area contributed by atoms with Crippen molar-refractivity contribution in [1.82, 2.24) is 0 Å². The standard InChI is InChI=1S/C14H30O2/c1-9(2)12(7)13(16)14(8-15,10(3)4)11(5)6/h9-13,15-16H,8H2,1-7H3. The van der Waals surface area contributed by atoms with Crippen LogP contribution in [0.1, 0.15) is 48.5 Å². The number of aliphatic hydroxyl groups is 2. The van der Waals surface area contributed by atoms with Gasteiger partial charge in [0.15, 0.2) is 0 Å². The second kappa shape index (κ2) is 6.02. The fourth-order valence-corrected chi connectivity index (χ4v) is 2.66. The van der Waals surface area contributed by atoms with Crippen LogP contribution in [0.4, 0.5) is 0 Å². The zero-order chi connectivity index (χ0) is 13.1. The van der Waals surface area contributed by atoms with Crippen molar-refractivity contribution in [2.24, 2.45) is 29.1 Å². The van der Waals surface area contributed by atoms with E-state index >= 15 is 0 Å². The van der Waals surface area contributed by atoms with E-state index < -0.39 is 6.10 Å². The maximum absolute atomic E-state index is 10.6. The molecule has 2 heteroatoms. The number of hydrogen-bond acceptors (Lipinski definition) is 2. The second-order valence-electron chi connectivity index (χ2n) is 6.13. The van der Waals surface area contributed by atoms with Crippen molar-refractivity contribution in [2.75, 3.05) is 6.61 Å². The molecule has 0 spiro atoms. The Balaban J connectivity index is 5.17. The van der Waals surface area contributed by atoms with Crippen molar-refractivity contribution in [3.05, 3.63) is 0 Å². The zero-order valence-corrected chi connectivity index (χ0v) is 12.0. The Hall–Kier alpha value is -0.0800. The summed E-state index contributed by atoms with van der Waals surface area (Å²) >= 11 is 0. The highest BCUT2D eigenvalue weighted by Crippen LogP contribution is 2.42. The van der Waals surface area contributed by atoms with Crippen molar-refractivity contribution < 1.29 is 10.2 Å². The third-order valence-electron chi connectivity index (χ3n) is 4.52. The average molecular weight is 230 g/mol. The minimum absolute atomic E-state index is 0.0561. The van der Waals surface area contributed by atoms with Gasteiger partial charge in [0.25, 0.3) is 0 Å². The van der Waals surface area contributed by atoms with Crippen LogP contribution in [0.2, 0.25) is 0 Å². The van der Waals surface area contributed by atoms with E-state index in [0.717, 1.165) is 0 Å². The van der Waals surface area contributed by atoms with E-state index in [1.165, 1.54) is 0 Å². The Labute approximate surface area is 101 Å². The molecule has 2 N–H and O–H groups in total. The summed E-state index contributed by atoms with van der Waals surface area (Å²) < 4.78 is 0. The average Bonchev–Trinajstić information content (AvgIpc) is 2.16. The highest BCUT2D eigenvalue weighted by atomic mass is 16.3. The summed E-state index contributed by atoms with van der Waals surface area (Å²) in [4.78, 5) is 0. The van der Waals surface area contributed by atoms with E-state index in [0.29, 0.717) is 5.92 Å². The fraction of sp³-hybridized carbons (Fsp3) is 1.00. The van der Waals surface area contributed by atoms with Gasteiger partial charge in [-0.1, -0.05) is 48.5 Å². The molecule has 0 heterocycles. The van der Waals surface area contributed by atoms with Crippen molar-refractivity contribution in [2.45, 2.75) is 54.6 Å². The SMILES string of the molecule is CC(C)C(C)C(O)C(CO)(C(C)C)C(C)C. The van der Waals surface area contributed by atoms with E-state index in [4.69, 9.17) is 0 Å². The van der Waals surface area contributed by atoms with Crippen LogP contribution >= 0.6 is 0 Å². The number of aliphatic hydroxyl groups excluding tert-OH is 2. The van der Waals surface area contributed by atoms with Crippen LogP contribution in [0, 0.1) is 29.1 Å². The lowest BCUT2D eigenvalue weighted by Crippen LogP contribution is -2.51. The van der Waals surface area contributed by atoms with Gasteiger partial charge in [0.1, 0.15) is 0 Å². The largest absolute Gasteiger partial charge is 0.396 e. The summed E-state index contributed by atoms with van der Waals surface area (Å²) in [5.41, 5.74) is -0.385. The molecule has 16 heavy (non-hydrogen) atoms. The minimum atomic E-state index is -0.447. The van der Waals surface area contributed by atoms with Gasteiger partial charge in [0.2, 0.25) is 0 Å². The summed E-state index contributed by atoms with van der Waals surface area (Å²) in [5.74, 6) is 1.18. The van der Waals surface area contributed by atoms with Crippen LogP contribution in [0.5, 0.6) is 0 Å². The molecule has 98 valence electrons. The quantitative estimate of drug-likeness (QED) is 0.736. The molecule has 0 rings (SSSR count). The Kier molecular flexibility index (Phi) is 5.99. The maximum atomic E-state index is 10.6. The van der Waals surface area contributed by atoms with Gasteiger partial charge >= 0.3 is 0 Å². The molecule has 0 saturated heterocycles. The van der Waals surface area contributed by atoms with Gasteiger partial charge < -0.3 is 10.2 Å². The smallest absolute Gasteiger partial charge is 0.0651 e. The van der Waals surface area contributed by atoms with E-state index in [1.54, 1.807) is 0 Å². The van der Waals surface area contributed by atoms with Gasteiger partial charge in [-0.25, -0.2) is 0 Å². The molecular formula is C14H30O2. The molecule has 0 bridgehead atoms. The van der Waals surface area contributed by atoms with Crippen molar-refractivity contribution in [1.29, 1.82) is 0 Å². The molecule has 0 aliphatic rings. The predicted molar refractivity (Wildman–Crippen MR) is 69.2 cm³/mol. The minimum Gasteiger partial charge on any atom is -0.396 e. The molecule has 0 aromatic carbocycles. The Morgan fingerprint density at radius 3 is 1.44 bits per heavy atom. The molecule has 2 atom stereocenters. The topological polar surface area (TPSA) is 40.5 Å². The van der Waals surface area contributed by atoms with Crippen molar-refractivity contribution in [3.63, 3.8) is 0 Å². The third-order valence-corrected chi connectivity index (χ3v) is 4.52. The molecule has 2 nitrogen and oxygen atoms in total. The first kappa shape index (κ1) is 15.9. The number of hydrogen-bond donors (Lipinski definition) is 2. The molecule has 0 aromatic heterocycles. The lowest BCUT2D eigenvalue weighted by Gasteiger charge is -2.46. The first-order valence-corrected chi connectivity index (χ1v) is 6.50. The molecular weight excluding hydrogens is 200 g/mol. The van der Waals surface area contributed by atoms with Gasteiger partial charge in [0.05, 0.1) is 12.7 Å². The van der Waals surface area contributed by atoms with Crippen LogP contribution in [0.25, 0.3) is 0 Å². The molecule has 0 aliphatic heterocycles. The van der Waals surface area contributed by atoms with Gasteiger partial charge in [0, 0.05) is 5.41 Å². The lowest BCUT2D eigenvalue weighted by atomic mass is 9.62. The molecule has 0 aliphatic carbocycles. The van der Waals surface area contributed by atoms with Gasteiger partial charge in [-0.15, -0.1) is 0 Å². The molecule has 0 saturated carbocycles. The number of rotatable bonds is 6. The normalized spacial score (nSPS) is 17.2. The monoisotopic (exact) mass is 230 g/mol. The fourth-order valence-electron chi connectivity index (χ4n) is 2.66. The zero-order valence-electron chi connectivity index (χ0n) is 12.0. The van der Waals surface area contributed by atoms with Crippen molar-refractivity contribution >= 4 is 0 Å². The first-order valence-electron chi connectivity index (χ1n) is 6.50. The highest BCUT2D eigenvalue weighted by molar-refractivity contribution is 4.94. The predicted octanol–water partition coefficient (Wildman–Crippen LogP) is 2.93. The molecule has 0 fully saturated rings. The molecule has 2 unspecified atom stereocenters. The Morgan fingerprint density at radius 2 is 1.25 bits per heavy atom. The third kappa shape index (κ3) is 2.78. The lowest BCUT2D eigenvalue weighted by molar-refractivity contribution is -0.112. The molecule has 0 aromatic rings. The van der Waals surface area contributed by atoms with E-state index in [9.17, 15) is 10.2 Å². The first-order chi connectivity index (χ1) is 7.21. The van der Waals surface area contributed by atoms with Crippen molar-refractivity contribution in [3.8, 4) is 0 Å². The van der Waals surface area contributed by atoms with Crippen LogP contribution in [0.3, 0.4) is 0 Å². The Bertz CT molecular complexity index is 189. The van der Waals surface area contributed by atoms with E-state index in [2.05, 4.69) is 48.5 Å². The van der Waals surface area contributed by atoms with Gasteiger partial charge in [-0.05, 0) is 23.7 Å². The summed E-state index contributed by atoms with van der Waals surface area (Å²) in [6.07, 6.45) is -0.447. The van der Waals surface area contributed by atoms with Gasteiger partial charge in [-0.3, -0.25) is 0 Å². The molecule has 0 amide bonds.